The number of carbonyl (C=O) groups is 1. The minimum Gasteiger partial charge on any atom is -0.496 e. The fourth-order valence-electron chi connectivity index (χ4n) is 3.42. The van der Waals surface area contributed by atoms with E-state index in [9.17, 15) is 9.18 Å². The fourth-order valence-corrected chi connectivity index (χ4v) is 3.42. The number of hydrazone groups is 1. The molecule has 0 saturated heterocycles. The van der Waals surface area contributed by atoms with Crippen LogP contribution >= 0.6 is 0 Å². The molecule has 0 unspecified atom stereocenters. The third-order valence-electron chi connectivity index (χ3n) is 5.19. The smallest absolute Gasteiger partial charge is 0.275 e. The Bertz CT molecular complexity index is 1340. The molecule has 0 aliphatic rings. The van der Waals surface area contributed by atoms with Crippen LogP contribution in [0.25, 0.3) is 10.8 Å². The summed E-state index contributed by atoms with van der Waals surface area (Å²) in [6.07, 6.45) is 1.51. The maximum Gasteiger partial charge on any atom is 0.275 e. The highest BCUT2D eigenvalue weighted by Crippen LogP contribution is 2.29. The van der Waals surface area contributed by atoms with Gasteiger partial charge in [-0.1, -0.05) is 36.4 Å². The molecule has 7 heteroatoms. The Labute approximate surface area is 196 Å². The van der Waals surface area contributed by atoms with E-state index in [1.807, 2.05) is 30.3 Å². The van der Waals surface area contributed by atoms with Gasteiger partial charge in [-0.2, -0.15) is 5.10 Å². The monoisotopic (exact) mass is 458 g/mol. The molecular weight excluding hydrogens is 435 g/mol. The lowest BCUT2D eigenvalue weighted by Crippen LogP contribution is -2.18. The number of hydrogen-bond donors (Lipinski definition) is 1. The van der Waals surface area contributed by atoms with Gasteiger partial charge in [-0.05, 0) is 64.4 Å². The molecule has 0 heterocycles. The lowest BCUT2D eigenvalue weighted by atomic mass is 10.1. The van der Waals surface area contributed by atoms with Crippen molar-refractivity contribution in [3.8, 4) is 17.2 Å². The largest absolute Gasteiger partial charge is 0.496 e. The first-order valence-electron chi connectivity index (χ1n) is 10.5. The van der Waals surface area contributed by atoms with Crippen molar-refractivity contribution in [2.45, 2.75) is 6.61 Å². The lowest BCUT2D eigenvalue weighted by Gasteiger charge is -2.11. The summed E-state index contributed by atoms with van der Waals surface area (Å²) in [7, 11) is 3.06. The van der Waals surface area contributed by atoms with E-state index in [1.165, 1.54) is 32.6 Å². The van der Waals surface area contributed by atoms with Gasteiger partial charge in [-0.25, -0.2) is 9.82 Å². The highest BCUT2D eigenvalue weighted by atomic mass is 19.1. The second-order valence-corrected chi connectivity index (χ2v) is 7.42. The number of amides is 1. The Kier molecular flexibility index (Phi) is 7.03. The van der Waals surface area contributed by atoms with Gasteiger partial charge in [0.15, 0.2) is 11.5 Å². The van der Waals surface area contributed by atoms with Crippen molar-refractivity contribution in [3.63, 3.8) is 0 Å². The molecule has 0 saturated carbocycles. The van der Waals surface area contributed by atoms with Gasteiger partial charge in [0.05, 0.1) is 26.0 Å². The van der Waals surface area contributed by atoms with Gasteiger partial charge in [0.1, 0.15) is 18.2 Å². The number of benzene rings is 4. The highest BCUT2D eigenvalue weighted by molar-refractivity contribution is 6.02. The van der Waals surface area contributed by atoms with Gasteiger partial charge in [0, 0.05) is 0 Å². The second kappa shape index (κ2) is 10.5. The predicted molar refractivity (Wildman–Crippen MR) is 129 cm³/mol. The van der Waals surface area contributed by atoms with Crippen LogP contribution in [0, 0.1) is 5.82 Å². The fraction of sp³-hybridized carbons (Fsp3) is 0.111. The Morgan fingerprint density at radius 2 is 1.59 bits per heavy atom. The van der Waals surface area contributed by atoms with E-state index in [1.54, 1.807) is 36.4 Å². The Hall–Kier alpha value is -4.39. The maximum atomic E-state index is 13.1. The number of halogens is 1. The molecule has 0 aliphatic carbocycles. The highest BCUT2D eigenvalue weighted by Gasteiger charge is 2.13. The number of carbonyl (C=O) groups excluding carboxylic acids is 1. The van der Waals surface area contributed by atoms with E-state index in [-0.39, 0.29) is 18.3 Å². The topological polar surface area (TPSA) is 69.2 Å². The molecule has 0 bridgehead atoms. The second-order valence-electron chi connectivity index (χ2n) is 7.42. The predicted octanol–water partition coefficient (Wildman–Crippen LogP) is 5.34. The number of nitrogens with one attached hydrogen (secondary N) is 1. The number of fused-ring (bicyclic) bond motifs is 1. The van der Waals surface area contributed by atoms with Crippen molar-refractivity contribution in [2.24, 2.45) is 5.10 Å². The van der Waals surface area contributed by atoms with E-state index >= 15 is 0 Å². The van der Waals surface area contributed by atoms with Crippen molar-refractivity contribution < 1.29 is 23.4 Å². The van der Waals surface area contributed by atoms with Crippen LogP contribution in [-0.2, 0) is 6.61 Å². The molecule has 4 aromatic rings. The molecule has 1 N–H and O–H groups in total. The van der Waals surface area contributed by atoms with Crippen molar-refractivity contribution in [3.05, 3.63) is 101 Å². The van der Waals surface area contributed by atoms with Crippen LogP contribution in [0.4, 0.5) is 4.39 Å². The number of rotatable bonds is 8. The van der Waals surface area contributed by atoms with Gasteiger partial charge in [-0.3, -0.25) is 4.79 Å². The number of hydrogen-bond acceptors (Lipinski definition) is 5. The van der Waals surface area contributed by atoms with Crippen LogP contribution < -0.4 is 19.6 Å². The van der Waals surface area contributed by atoms with Crippen LogP contribution in [0.2, 0.25) is 0 Å². The van der Waals surface area contributed by atoms with Gasteiger partial charge in [0.25, 0.3) is 5.91 Å². The summed E-state index contributed by atoms with van der Waals surface area (Å²) in [5, 5.41) is 5.98. The zero-order chi connectivity index (χ0) is 23.9. The zero-order valence-corrected chi connectivity index (χ0v) is 18.7. The van der Waals surface area contributed by atoms with Crippen molar-refractivity contribution in [2.75, 3.05) is 14.2 Å². The lowest BCUT2D eigenvalue weighted by molar-refractivity contribution is 0.0952. The number of methoxy groups -OCH3 is 2. The third-order valence-corrected chi connectivity index (χ3v) is 5.19. The minimum absolute atomic E-state index is 0.272. The van der Waals surface area contributed by atoms with Crippen LogP contribution in [0.5, 0.6) is 17.2 Å². The SMILES string of the molecule is COc1cc(/C=N\NC(=O)c2cc3ccccc3cc2OC)ccc1OCc1ccc(F)cc1. The number of ether oxygens (including phenoxy) is 3. The Balaban J connectivity index is 1.43. The quantitative estimate of drug-likeness (QED) is 0.286. The molecule has 0 aliphatic heterocycles. The molecule has 4 rings (SSSR count). The first-order chi connectivity index (χ1) is 16.6. The summed E-state index contributed by atoms with van der Waals surface area (Å²) >= 11 is 0. The molecule has 0 radical (unpaired) electrons. The minimum atomic E-state index is -0.384. The standard InChI is InChI=1S/C27H23FN2O4/c1-32-25-15-21-6-4-3-5-20(21)14-23(25)27(31)30-29-16-19-9-12-24(26(13-19)33-2)34-17-18-7-10-22(28)11-8-18/h3-16H,17H2,1-2H3,(H,30,31)/b29-16-. The van der Waals surface area contributed by atoms with E-state index in [2.05, 4.69) is 10.5 Å². The maximum absolute atomic E-state index is 13.1. The Morgan fingerprint density at radius 1 is 0.882 bits per heavy atom. The first kappa shape index (κ1) is 22.8. The van der Waals surface area contributed by atoms with Crippen molar-refractivity contribution in [1.29, 1.82) is 0 Å². The van der Waals surface area contributed by atoms with Gasteiger partial charge in [0.2, 0.25) is 0 Å². The van der Waals surface area contributed by atoms with Crippen LogP contribution in [0.3, 0.4) is 0 Å². The van der Waals surface area contributed by atoms with Crippen LogP contribution in [0.15, 0.2) is 84.0 Å². The van der Waals surface area contributed by atoms with Crippen molar-refractivity contribution in [1.82, 2.24) is 5.43 Å². The normalized spacial score (nSPS) is 10.9. The molecule has 0 spiro atoms. The van der Waals surface area contributed by atoms with E-state index in [4.69, 9.17) is 14.2 Å². The summed E-state index contributed by atoms with van der Waals surface area (Å²) in [5.74, 6) is 0.833. The van der Waals surface area contributed by atoms with Gasteiger partial charge >= 0.3 is 0 Å². The molecule has 1 amide bonds. The molecule has 34 heavy (non-hydrogen) atoms. The summed E-state index contributed by atoms with van der Waals surface area (Å²) < 4.78 is 29.6. The summed E-state index contributed by atoms with van der Waals surface area (Å²) in [4.78, 5) is 12.7. The molecular formula is C27H23FN2O4. The van der Waals surface area contributed by atoms with E-state index < -0.39 is 0 Å². The molecule has 0 aromatic heterocycles. The Morgan fingerprint density at radius 3 is 2.29 bits per heavy atom. The third kappa shape index (κ3) is 5.32. The van der Waals surface area contributed by atoms with Gasteiger partial charge in [-0.15, -0.1) is 0 Å². The zero-order valence-electron chi connectivity index (χ0n) is 18.7. The van der Waals surface area contributed by atoms with E-state index in [0.29, 0.717) is 28.4 Å². The van der Waals surface area contributed by atoms with Gasteiger partial charge < -0.3 is 14.2 Å². The van der Waals surface area contributed by atoms with E-state index in [0.717, 1.165) is 16.3 Å². The molecule has 0 fully saturated rings. The van der Waals surface area contributed by atoms with Crippen LogP contribution in [-0.4, -0.2) is 26.3 Å². The molecule has 6 nitrogen and oxygen atoms in total. The first-order valence-corrected chi connectivity index (χ1v) is 10.5. The number of nitrogens with zero attached hydrogens (tertiary/aromatic N) is 1. The molecule has 0 atom stereocenters. The van der Waals surface area contributed by atoms with Crippen LogP contribution in [0.1, 0.15) is 21.5 Å². The summed E-state index contributed by atoms with van der Waals surface area (Å²) in [6, 6.07) is 22.7. The van der Waals surface area contributed by atoms with Crippen molar-refractivity contribution >= 4 is 22.9 Å². The molecule has 4 aromatic carbocycles. The average molecular weight is 458 g/mol. The molecule has 172 valence electrons. The average Bonchev–Trinajstić information content (AvgIpc) is 2.87. The summed E-state index contributed by atoms with van der Waals surface area (Å²) in [6.45, 7) is 0.272. The summed E-state index contributed by atoms with van der Waals surface area (Å²) in [5.41, 5.74) is 4.47.